The molecular formula is C24H28F2N4O3. The summed E-state index contributed by atoms with van der Waals surface area (Å²) < 4.78 is 30.1. The number of carbonyl (C=O) groups excluding carboxylic acids is 1. The van der Waals surface area contributed by atoms with E-state index in [2.05, 4.69) is 15.6 Å². The maximum absolute atomic E-state index is 14.6. The van der Waals surface area contributed by atoms with Crippen molar-refractivity contribution >= 4 is 23.3 Å². The number of carboxylic acid groups (broad SMARTS) is 1. The van der Waals surface area contributed by atoms with Gasteiger partial charge in [-0.15, -0.1) is 0 Å². The molecule has 3 N–H and O–H groups in total. The van der Waals surface area contributed by atoms with Gasteiger partial charge >= 0.3 is 5.97 Å². The van der Waals surface area contributed by atoms with Gasteiger partial charge in [0.1, 0.15) is 34.8 Å². The van der Waals surface area contributed by atoms with E-state index < -0.39 is 35.1 Å². The predicted octanol–water partition coefficient (Wildman–Crippen LogP) is 4.72. The first-order valence-corrected chi connectivity index (χ1v) is 10.7. The Morgan fingerprint density at radius 1 is 1.18 bits per heavy atom. The third-order valence-electron chi connectivity index (χ3n) is 5.33. The van der Waals surface area contributed by atoms with Gasteiger partial charge < -0.3 is 15.7 Å². The van der Waals surface area contributed by atoms with Crippen LogP contribution in [0.4, 0.5) is 14.6 Å². The van der Waals surface area contributed by atoms with Gasteiger partial charge in [-0.25, -0.2) is 18.6 Å². The molecule has 1 aromatic carbocycles. The molecule has 2 aromatic heterocycles. The number of rotatable bonds is 7. The van der Waals surface area contributed by atoms with Gasteiger partial charge in [0.05, 0.1) is 0 Å². The number of benzene rings is 1. The van der Waals surface area contributed by atoms with Gasteiger partial charge in [0.2, 0.25) is 0 Å². The molecule has 0 bridgehead atoms. The fourth-order valence-electron chi connectivity index (χ4n) is 3.44. The van der Waals surface area contributed by atoms with E-state index in [1.54, 1.807) is 17.5 Å². The minimum absolute atomic E-state index is 0.0147. The lowest BCUT2D eigenvalue weighted by Gasteiger charge is -2.23. The lowest BCUT2D eigenvalue weighted by molar-refractivity contribution is -0.140. The predicted molar refractivity (Wildman–Crippen MR) is 122 cm³/mol. The van der Waals surface area contributed by atoms with E-state index in [0.717, 1.165) is 18.2 Å². The Hall–Kier alpha value is -3.49. The summed E-state index contributed by atoms with van der Waals surface area (Å²) in [5.74, 6) is -2.72. The Labute approximate surface area is 190 Å². The lowest BCUT2D eigenvalue weighted by Crippen LogP contribution is -2.45. The molecule has 0 aliphatic carbocycles. The summed E-state index contributed by atoms with van der Waals surface area (Å²) >= 11 is 0. The first-order chi connectivity index (χ1) is 15.4. The van der Waals surface area contributed by atoms with E-state index in [9.17, 15) is 23.5 Å². The number of carboxylic acids is 1. The van der Waals surface area contributed by atoms with Gasteiger partial charge in [0, 0.05) is 22.9 Å². The summed E-state index contributed by atoms with van der Waals surface area (Å²) in [6.07, 6.45) is 2.17. The monoisotopic (exact) mass is 458 g/mol. The highest BCUT2D eigenvalue weighted by atomic mass is 19.1. The summed E-state index contributed by atoms with van der Waals surface area (Å²) in [5.41, 5.74) is 0.288. The number of hydrogen-bond acceptors (Lipinski definition) is 4. The summed E-state index contributed by atoms with van der Waals surface area (Å²) in [4.78, 5) is 28.8. The maximum atomic E-state index is 14.6. The number of fused-ring (bicyclic) bond motifs is 1. The second-order valence-electron chi connectivity index (χ2n) is 9.13. The van der Waals surface area contributed by atoms with Crippen molar-refractivity contribution in [3.05, 3.63) is 53.7 Å². The maximum Gasteiger partial charge on any atom is 0.326 e. The third kappa shape index (κ3) is 5.30. The molecule has 33 heavy (non-hydrogen) atoms. The third-order valence-corrected chi connectivity index (χ3v) is 5.33. The molecule has 176 valence electrons. The van der Waals surface area contributed by atoms with Crippen LogP contribution in [-0.2, 0) is 4.79 Å². The number of nitrogens with one attached hydrogen (secondary N) is 2. The van der Waals surface area contributed by atoms with Gasteiger partial charge in [0.25, 0.3) is 5.91 Å². The lowest BCUT2D eigenvalue weighted by atomic mass is 9.99. The van der Waals surface area contributed by atoms with Crippen LogP contribution in [0.2, 0.25) is 0 Å². The minimum Gasteiger partial charge on any atom is -0.480 e. The molecule has 0 fully saturated rings. The van der Waals surface area contributed by atoms with Crippen molar-refractivity contribution in [1.29, 1.82) is 0 Å². The Morgan fingerprint density at radius 2 is 1.88 bits per heavy atom. The molecule has 0 saturated heterocycles. The second-order valence-corrected chi connectivity index (χ2v) is 9.13. The van der Waals surface area contributed by atoms with Crippen molar-refractivity contribution in [2.24, 2.45) is 5.92 Å². The van der Waals surface area contributed by atoms with Crippen molar-refractivity contribution in [3.63, 3.8) is 0 Å². The number of carbonyl (C=O) groups is 2. The molecule has 0 saturated carbocycles. The van der Waals surface area contributed by atoms with Crippen molar-refractivity contribution in [1.82, 2.24) is 14.7 Å². The second kappa shape index (κ2) is 9.17. The zero-order chi connectivity index (χ0) is 24.5. The van der Waals surface area contributed by atoms with Crippen LogP contribution in [0.3, 0.4) is 0 Å². The number of anilines is 1. The standard InChI is InChI=1S/C24H28F2N4O3/c1-6-13(2)19(23(32)33)28-22(31)14-9-10-30-18(11-14)27-20(21(30)29-24(3,4)5)16-12-15(25)7-8-17(16)26/h7-13,19,29H,6H2,1-5H3,(H,28,31)(H,32,33). The molecule has 0 radical (unpaired) electrons. The summed E-state index contributed by atoms with van der Waals surface area (Å²) in [6.45, 7) is 9.35. The van der Waals surface area contributed by atoms with Crippen molar-refractivity contribution in [2.45, 2.75) is 52.6 Å². The molecule has 0 spiro atoms. The fourth-order valence-corrected chi connectivity index (χ4v) is 3.44. The van der Waals surface area contributed by atoms with Crippen LogP contribution >= 0.6 is 0 Å². The SMILES string of the molecule is CCC(C)C(NC(=O)c1ccn2c(NC(C)(C)C)c(-c3cc(F)ccc3F)nc2c1)C(=O)O. The number of amides is 1. The molecule has 2 heterocycles. The van der Waals surface area contributed by atoms with Crippen molar-refractivity contribution in [2.75, 3.05) is 5.32 Å². The summed E-state index contributed by atoms with van der Waals surface area (Å²) in [5, 5.41) is 15.3. The summed E-state index contributed by atoms with van der Waals surface area (Å²) in [6, 6.07) is 5.12. The molecule has 0 aliphatic heterocycles. The van der Waals surface area contributed by atoms with Gasteiger partial charge in [0.15, 0.2) is 0 Å². The van der Waals surface area contributed by atoms with Gasteiger partial charge in [-0.1, -0.05) is 20.3 Å². The average molecular weight is 459 g/mol. The highest BCUT2D eigenvalue weighted by molar-refractivity contribution is 5.97. The Bertz CT molecular complexity index is 1200. The van der Waals surface area contributed by atoms with Crippen LogP contribution in [-0.4, -0.2) is 37.9 Å². The largest absolute Gasteiger partial charge is 0.480 e. The minimum atomic E-state index is -1.11. The Morgan fingerprint density at radius 3 is 2.48 bits per heavy atom. The van der Waals surface area contributed by atoms with E-state index in [1.807, 2.05) is 27.7 Å². The molecule has 1 amide bonds. The van der Waals surface area contributed by atoms with Crippen molar-refractivity contribution in [3.8, 4) is 11.3 Å². The van der Waals surface area contributed by atoms with Crippen LogP contribution in [0, 0.1) is 17.6 Å². The van der Waals surface area contributed by atoms with Crippen molar-refractivity contribution < 1.29 is 23.5 Å². The van der Waals surface area contributed by atoms with E-state index in [0.29, 0.717) is 17.9 Å². The van der Waals surface area contributed by atoms with E-state index in [4.69, 9.17) is 0 Å². The fraction of sp³-hybridized carbons (Fsp3) is 0.375. The van der Waals surface area contributed by atoms with Crippen LogP contribution in [0.5, 0.6) is 0 Å². The number of halogens is 2. The van der Waals surface area contributed by atoms with Gasteiger partial charge in [-0.05, 0) is 57.0 Å². The number of aliphatic carboxylic acids is 1. The molecule has 3 aromatic rings. The van der Waals surface area contributed by atoms with Gasteiger partial charge in [-0.2, -0.15) is 0 Å². The highest BCUT2D eigenvalue weighted by Crippen LogP contribution is 2.33. The van der Waals surface area contributed by atoms with Crippen LogP contribution < -0.4 is 10.6 Å². The topological polar surface area (TPSA) is 95.7 Å². The molecule has 9 heteroatoms. The quantitative estimate of drug-likeness (QED) is 0.476. The first kappa shape index (κ1) is 24.2. The van der Waals surface area contributed by atoms with E-state index in [-0.39, 0.29) is 22.7 Å². The number of nitrogens with zero attached hydrogens (tertiary/aromatic N) is 2. The Kier molecular flexibility index (Phi) is 6.71. The first-order valence-electron chi connectivity index (χ1n) is 10.7. The van der Waals surface area contributed by atoms with Crippen LogP contribution in [0.15, 0.2) is 36.5 Å². The Balaban J connectivity index is 2.09. The molecule has 2 unspecified atom stereocenters. The zero-order valence-corrected chi connectivity index (χ0v) is 19.2. The molecule has 3 rings (SSSR count). The van der Waals surface area contributed by atoms with E-state index in [1.165, 1.54) is 12.1 Å². The summed E-state index contributed by atoms with van der Waals surface area (Å²) in [7, 11) is 0. The van der Waals surface area contributed by atoms with Gasteiger partial charge in [-0.3, -0.25) is 9.20 Å². The number of hydrogen-bond donors (Lipinski definition) is 3. The smallest absolute Gasteiger partial charge is 0.326 e. The zero-order valence-electron chi connectivity index (χ0n) is 19.2. The molecular weight excluding hydrogens is 430 g/mol. The number of aromatic nitrogens is 2. The number of pyridine rings is 1. The highest BCUT2D eigenvalue weighted by Gasteiger charge is 2.27. The molecule has 2 atom stereocenters. The number of imidazole rings is 1. The molecule has 0 aliphatic rings. The normalized spacial score (nSPS) is 13.5. The average Bonchev–Trinajstić information content (AvgIpc) is 3.08. The van der Waals surface area contributed by atoms with Crippen LogP contribution in [0.1, 0.15) is 51.4 Å². The van der Waals surface area contributed by atoms with E-state index >= 15 is 0 Å². The van der Waals surface area contributed by atoms with Crippen LogP contribution in [0.25, 0.3) is 16.9 Å². The molecule has 7 nitrogen and oxygen atoms in total.